The van der Waals surface area contributed by atoms with Crippen molar-refractivity contribution in [1.82, 2.24) is 19.5 Å². The van der Waals surface area contributed by atoms with E-state index >= 15 is 0 Å². The second-order valence-electron chi connectivity index (χ2n) is 7.92. The first-order chi connectivity index (χ1) is 17.0. The van der Waals surface area contributed by atoms with E-state index in [2.05, 4.69) is 20.3 Å². The minimum atomic E-state index is -4.55. The Labute approximate surface area is 203 Å². The molecule has 190 valence electrons. The van der Waals surface area contributed by atoms with Crippen molar-refractivity contribution >= 4 is 22.5 Å². The number of halogens is 4. The van der Waals surface area contributed by atoms with Gasteiger partial charge < -0.3 is 19.5 Å². The fourth-order valence-corrected chi connectivity index (χ4v) is 3.57. The van der Waals surface area contributed by atoms with Crippen LogP contribution in [0.2, 0.25) is 0 Å². The molecule has 2 aromatic carbocycles. The van der Waals surface area contributed by atoms with Gasteiger partial charge in [0.05, 0.1) is 30.1 Å². The molecule has 0 aliphatic rings. The molecule has 0 atom stereocenters. The number of alkyl halides is 3. The summed E-state index contributed by atoms with van der Waals surface area (Å²) in [5.41, 5.74) is 0.312. The predicted octanol–water partition coefficient (Wildman–Crippen LogP) is 5.51. The van der Waals surface area contributed by atoms with E-state index in [4.69, 9.17) is 14.2 Å². The van der Waals surface area contributed by atoms with Gasteiger partial charge in [0.15, 0.2) is 11.6 Å². The number of fused-ring (bicyclic) bond motifs is 1. The summed E-state index contributed by atoms with van der Waals surface area (Å²) in [6, 6.07) is 7.73. The predicted molar refractivity (Wildman–Crippen MR) is 123 cm³/mol. The van der Waals surface area contributed by atoms with Crippen LogP contribution in [0.5, 0.6) is 0 Å². The Bertz CT molecular complexity index is 1390. The Hall–Kier alpha value is -3.61. The third-order valence-electron chi connectivity index (χ3n) is 5.57. The Balaban J connectivity index is 1.71. The molecule has 0 aliphatic carbocycles. The van der Waals surface area contributed by atoms with Gasteiger partial charge >= 0.3 is 6.18 Å². The number of nitrogens with zero attached hydrogens (tertiary/aromatic N) is 4. The van der Waals surface area contributed by atoms with E-state index in [-0.39, 0.29) is 29.3 Å². The highest BCUT2D eigenvalue weighted by atomic mass is 19.4. The molecule has 0 unspecified atom stereocenters. The second kappa shape index (κ2) is 9.80. The summed E-state index contributed by atoms with van der Waals surface area (Å²) < 4.78 is 72.0. The number of anilines is 2. The third kappa shape index (κ3) is 5.15. The molecule has 0 saturated carbocycles. The molecule has 12 heteroatoms. The highest BCUT2D eigenvalue weighted by Gasteiger charge is 2.32. The van der Waals surface area contributed by atoms with Crippen molar-refractivity contribution in [3.8, 4) is 5.82 Å². The van der Waals surface area contributed by atoms with Crippen molar-refractivity contribution in [3.05, 3.63) is 71.6 Å². The maximum absolute atomic E-state index is 14.6. The highest BCUT2D eigenvalue weighted by Crippen LogP contribution is 2.33. The van der Waals surface area contributed by atoms with Gasteiger partial charge in [-0.3, -0.25) is 9.55 Å². The second-order valence-corrected chi connectivity index (χ2v) is 7.92. The molecule has 4 rings (SSSR count). The van der Waals surface area contributed by atoms with Crippen LogP contribution in [0.25, 0.3) is 16.9 Å². The number of rotatable bonds is 8. The van der Waals surface area contributed by atoms with Gasteiger partial charge in [-0.2, -0.15) is 13.2 Å². The maximum Gasteiger partial charge on any atom is 0.416 e. The number of nitrogens with one attached hydrogen (secondary N) is 1. The Morgan fingerprint density at radius 1 is 1.03 bits per heavy atom. The number of aryl methyl sites for hydroxylation is 1. The molecular weight excluding hydrogens is 482 g/mol. The zero-order chi connectivity index (χ0) is 26.1. The van der Waals surface area contributed by atoms with Crippen LogP contribution in [0.15, 0.2) is 48.8 Å². The summed E-state index contributed by atoms with van der Waals surface area (Å²) in [6.45, 7) is 2.92. The SMILES string of the molecule is COC(C)(OC)OCc1cc(C(F)(F)F)ccc1Nc1cncc(-n2c(C)nc3cccc(F)c32)n1. The Morgan fingerprint density at radius 2 is 1.78 bits per heavy atom. The average Bonchev–Trinajstić information content (AvgIpc) is 3.19. The average molecular weight is 505 g/mol. The molecule has 4 aromatic rings. The lowest BCUT2D eigenvalue weighted by atomic mass is 10.1. The van der Waals surface area contributed by atoms with Crippen LogP contribution >= 0.6 is 0 Å². The van der Waals surface area contributed by atoms with Crippen LogP contribution in [0.4, 0.5) is 29.1 Å². The molecule has 2 heterocycles. The lowest BCUT2D eigenvalue weighted by molar-refractivity contribution is -0.355. The van der Waals surface area contributed by atoms with Crippen molar-refractivity contribution < 1.29 is 31.8 Å². The van der Waals surface area contributed by atoms with E-state index in [1.165, 1.54) is 50.2 Å². The largest absolute Gasteiger partial charge is 0.416 e. The molecule has 0 saturated heterocycles. The number of hydrogen-bond acceptors (Lipinski definition) is 7. The Kier molecular flexibility index (Phi) is 6.94. The summed E-state index contributed by atoms with van der Waals surface area (Å²) >= 11 is 0. The minimum Gasteiger partial charge on any atom is -0.339 e. The van der Waals surface area contributed by atoms with Crippen LogP contribution < -0.4 is 5.32 Å². The molecule has 2 aromatic heterocycles. The normalized spacial score (nSPS) is 12.3. The minimum absolute atomic E-state index is 0.174. The van der Waals surface area contributed by atoms with Crippen molar-refractivity contribution in [3.63, 3.8) is 0 Å². The van der Waals surface area contributed by atoms with E-state index < -0.39 is 23.5 Å². The third-order valence-corrected chi connectivity index (χ3v) is 5.57. The first kappa shape index (κ1) is 25.5. The first-order valence-corrected chi connectivity index (χ1v) is 10.7. The Morgan fingerprint density at radius 3 is 2.47 bits per heavy atom. The first-order valence-electron chi connectivity index (χ1n) is 10.7. The zero-order valence-corrected chi connectivity index (χ0v) is 19.9. The van der Waals surface area contributed by atoms with Gasteiger partial charge in [-0.1, -0.05) is 6.07 Å². The topological polar surface area (TPSA) is 83.3 Å². The van der Waals surface area contributed by atoms with Crippen molar-refractivity contribution in [2.24, 2.45) is 0 Å². The number of para-hydroxylation sites is 1. The van der Waals surface area contributed by atoms with Crippen molar-refractivity contribution in [1.29, 1.82) is 0 Å². The molecule has 0 bridgehead atoms. The molecule has 0 spiro atoms. The number of imidazole rings is 1. The molecular formula is C24H23F4N5O3. The van der Waals surface area contributed by atoms with Gasteiger partial charge in [-0.25, -0.2) is 14.4 Å². The van der Waals surface area contributed by atoms with Gasteiger partial charge in [-0.05, 0) is 37.3 Å². The quantitative estimate of drug-likeness (QED) is 0.250. The molecule has 0 amide bonds. The molecule has 0 radical (unpaired) electrons. The van der Waals surface area contributed by atoms with E-state index in [1.807, 2.05) is 0 Å². The lowest BCUT2D eigenvalue weighted by Gasteiger charge is -2.26. The highest BCUT2D eigenvalue weighted by molar-refractivity contribution is 5.78. The number of methoxy groups -OCH3 is 2. The van der Waals surface area contributed by atoms with E-state index in [1.54, 1.807) is 19.1 Å². The van der Waals surface area contributed by atoms with Crippen LogP contribution in [-0.2, 0) is 27.0 Å². The van der Waals surface area contributed by atoms with Gasteiger partial charge in [0.1, 0.15) is 17.2 Å². The van der Waals surface area contributed by atoms with Gasteiger partial charge in [0.25, 0.3) is 5.97 Å². The number of aromatic nitrogens is 4. The van der Waals surface area contributed by atoms with Crippen molar-refractivity contribution in [2.75, 3.05) is 19.5 Å². The van der Waals surface area contributed by atoms with E-state index in [9.17, 15) is 17.6 Å². The summed E-state index contributed by atoms with van der Waals surface area (Å²) in [5.74, 6) is -0.957. The van der Waals surface area contributed by atoms with Crippen LogP contribution in [0.3, 0.4) is 0 Å². The van der Waals surface area contributed by atoms with E-state index in [0.717, 1.165) is 12.1 Å². The fraction of sp³-hybridized carbons (Fsp3) is 0.292. The van der Waals surface area contributed by atoms with Gasteiger partial charge in [0.2, 0.25) is 0 Å². The maximum atomic E-state index is 14.6. The number of benzene rings is 2. The summed E-state index contributed by atoms with van der Waals surface area (Å²) in [4.78, 5) is 13.0. The van der Waals surface area contributed by atoms with E-state index in [0.29, 0.717) is 17.0 Å². The zero-order valence-electron chi connectivity index (χ0n) is 19.9. The van der Waals surface area contributed by atoms with Gasteiger partial charge in [0, 0.05) is 32.4 Å². The summed E-state index contributed by atoms with van der Waals surface area (Å²) in [7, 11) is 2.70. The monoisotopic (exact) mass is 505 g/mol. The van der Waals surface area contributed by atoms with Gasteiger partial charge in [-0.15, -0.1) is 0 Å². The number of hydrogen-bond donors (Lipinski definition) is 1. The van der Waals surface area contributed by atoms with Crippen molar-refractivity contribution in [2.45, 2.75) is 32.6 Å². The molecule has 8 nitrogen and oxygen atoms in total. The molecule has 36 heavy (non-hydrogen) atoms. The molecule has 1 N–H and O–H groups in total. The smallest absolute Gasteiger partial charge is 0.339 e. The van der Waals surface area contributed by atoms with Crippen LogP contribution in [0, 0.1) is 12.7 Å². The summed E-state index contributed by atoms with van der Waals surface area (Å²) in [6.07, 6.45) is -1.72. The molecule has 0 aliphatic heterocycles. The summed E-state index contributed by atoms with van der Waals surface area (Å²) in [5, 5.41) is 2.98. The van der Waals surface area contributed by atoms with Crippen LogP contribution in [-0.4, -0.2) is 39.7 Å². The lowest BCUT2D eigenvalue weighted by Crippen LogP contribution is -2.33. The molecule has 0 fully saturated rings. The number of ether oxygens (including phenoxy) is 3. The van der Waals surface area contributed by atoms with Crippen LogP contribution in [0.1, 0.15) is 23.9 Å². The standard InChI is InChI=1S/C24H23F4N5O3/c1-14-30-19-7-5-6-17(25)22(19)33(14)21-12-29-11-20(32-21)31-18-9-8-16(24(26,27)28)10-15(18)13-36-23(2,34-3)35-4/h5-12H,13H2,1-4H3,(H,31,32). The fourth-order valence-electron chi connectivity index (χ4n) is 3.57.